The Morgan fingerprint density at radius 1 is 1.14 bits per heavy atom. The molecule has 0 aliphatic heterocycles. The molecule has 4 nitrogen and oxygen atoms in total. The molecule has 0 bridgehead atoms. The van der Waals surface area contributed by atoms with Crippen molar-refractivity contribution in [2.24, 2.45) is 0 Å². The van der Waals surface area contributed by atoms with Gasteiger partial charge >= 0.3 is 63.2 Å². The molecule has 0 atom stereocenters. The minimum atomic E-state index is -3.66. The van der Waals surface area contributed by atoms with Crippen LogP contribution in [0.3, 0.4) is 0 Å². The fourth-order valence-corrected chi connectivity index (χ4v) is 1.52. The van der Waals surface area contributed by atoms with Crippen LogP contribution in [0, 0.1) is 0 Å². The van der Waals surface area contributed by atoms with Crippen molar-refractivity contribution in [3.63, 3.8) is 0 Å². The number of hydrogen-bond donors (Lipinski definition) is 0. The number of rotatable bonds is 2. The fraction of sp³-hybridized carbons (Fsp3) is 0. The summed E-state index contributed by atoms with van der Waals surface area (Å²) >= 11 is 2.05. The predicted octanol–water partition coefficient (Wildman–Crippen LogP) is -0.812. The van der Waals surface area contributed by atoms with E-state index in [-0.39, 0.29) is 0 Å². The van der Waals surface area contributed by atoms with Gasteiger partial charge in [0.15, 0.2) is 0 Å². The Hall–Kier alpha value is 1.17. The molecule has 48 valence electrons. The summed E-state index contributed by atoms with van der Waals surface area (Å²) in [6.07, 6.45) is 0. The molecular formula is Ir2O4S. The van der Waals surface area contributed by atoms with Crippen molar-refractivity contribution in [3.05, 3.63) is 0 Å². The second-order valence-electron chi connectivity index (χ2n) is 0.519. The minimum absolute atomic E-state index is 1.03. The normalized spacial score (nSPS) is 12.0. The van der Waals surface area contributed by atoms with E-state index < -0.39 is 10.4 Å². The maximum atomic E-state index is 9.92. The van der Waals surface area contributed by atoms with Crippen molar-refractivity contribution >= 4 is 10.4 Å². The van der Waals surface area contributed by atoms with Crippen LogP contribution in [0.15, 0.2) is 0 Å². The van der Waals surface area contributed by atoms with Crippen LogP contribution in [0.1, 0.15) is 0 Å². The molecule has 0 saturated carbocycles. The molecule has 0 fully saturated rings. The average Bonchev–Trinajstić information content (AvgIpc) is 1.68. The summed E-state index contributed by atoms with van der Waals surface area (Å²) in [7, 11) is -3.66. The third-order valence-electron chi connectivity index (χ3n) is 0.136. The molecule has 7 heavy (non-hydrogen) atoms. The fourth-order valence-electron chi connectivity index (χ4n) is 0.00756. The van der Waals surface area contributed by atoms with Gasteiger partial charge in [-0.3, -0.25) is 0 Å². The Kier molecular flexibility index (Phi) is 3.79. The molecule has 0 unspecified atom stereocenters. The maximum absolute atomic E-state index is 9.92. The van der Waals surface area contributed by atoms with Gasteiger partial charge in [-0.05, 0) is 0 Å². The van der Waals surface area contributed by atoms with Crippen LogP contribution in [0.4, 0.5) is 0 Å². The van der Waals surface area contributed by atoms with E-state index in [4.69, 9.17) is 0 Å². The summed E-state index contributed by atoms with van der Waals surface area (Å²) in [5.74, 6) is 0. The van der Waals surface area contributed by atoms with Crippen LogP contribution in [0.5, 0.6) is 0 Å². The first-order valence-corrected chi connectivity index (χ1v) is 4.23. The first kappa shape index (κ1) is 8.17. The van der Waals surface area contributed by atoms with Crippen molar-refractivity contribution in [1.29, 1.82) is 0 Å². The zero-order valence-corrected chi connectivity index (χ0v) is 8.31. The Bertz CT molecular complexity index is 113. The van der Waals surface area contributed by atoms with Gasteiger partial charge in [0, 0.05) is 0 Å². The summed E-state index contributed by atoms with van der Waals surface area (Å²) in [4.78, 5) is 0. The van der Waals surface area contributed by atoms with E-state index >= 15 is 0 Å². The zero-order chi connectivity index (χ0) is 5.91. The van der Waals surface area contributed by atoms with Gasteiger partial charge in [0.2, 0.25) is 0 Å². The Morgan fingerprint density at radius 2 is 1.43 bits per heavy atom. The topological polar surface area (TPSA) is 52.6 Å². The molecule has 0 aromatic carbocycles. The van der Waals surface area contributed by atoms with Gasteiger partial charge in [-0.15, -0.1) is 0 Å². The third kappa shape index (κ3) is 3.73. The molecule has 0 amide bonds. The molecule has 0 N–H and O–H groups in total. The zero-order valence-electron chi connectivity index (χ0n) is 2.71. The molecule has 7 heteroatoms. The average molecular weight is 480 g/mol. The van der Waals surface area contributed by atoms with Crippen LogP contribution < -0.4 is 0 Å². The monoisotopic (exact) mass is 482 g/mol. The summed E-state index contributed by atoms with van der Waals surface area (Å²) in [6.45, 7) is 0. The molecule has 0 aromatic heterocycles. The molecule has 0 saturated heterocycles. The molecular weight excluding hydrogens is 480 g/mol. The van der Waals surface area contributed by atoms with Crippen molar-refractivity contribution in [2.45, 2.75) is 0 Å². The molecule has 0 rings (SSSR count). The molecule has 0 aromatic rings. The Balaban J connectivity index is 3.89. The summed E-state index contributed by atoms with van der Waals surface area (Å²) < 4.78 is 27.5. The van der Waals surface area contributed by atoms with Crippen LogP contribution in [-0.2, 0) is 54.8 Å². The van der Waals surface area contributed by atoms with E-state index in [0.717, 1.165) is 38.5 Å². The molecule has 0 radical (unpaired) electrons. The van der Waals surface area contributed by atoms with Gasteiger partial charge in [0.25, 0.3) is 0 Å². The standard InChI is InChI=1S/2Ir.H2O4S/c;;1-5(2,3)4/h;;(H2,1,2,3,4)/q2*+1;/p-2. The van der Waals surface area contributed by atoms with Crippen molar-refractivity contribution in [1.82, 2.24) is 0 Å². The van der Waals surface area contributed by atoms with Gasteiger partial charge in [0.05, 0.1) is 0 Å². The van der Waals surface area contributed by atoms with Gasteiger partial charge < -0.3 is 0 Å². The third-order valence-corrected chi connectivity index (χ3v) is 3.34. The van der Waals surface area contributed by atoms with E-state index in [0.29, 0.717) is 0 Å². The molecule has 0 aliphatic carbocycles. The number of hydrogen-bond acceptors (Lipinski definition) is 4. The molecule has 0 spiro atoms. The quantitative estimate of drug-likeness (QED) is 0.519. The van der Waals surface area contributed by atoms with Crippen molar-refractivity contribution < 1.29 is 52.8 Å². The van der Waals surface area contributed by atoms with Crippen molar-refractivity contribution in [2.75, 3.05) is 0 Å². The molecule has 0 heterocycles. The van der Waals surface area contributed by atoms with E-state index in [1.807, 2.05) is 0 Å². The van der Waals surface area contributed by atoms with Crippen LogP contribution >= 0.6 is 0 Å². The Labute approximate surface area is 63.1 Å². The first-order chi connectivity index (χ1) is 3.12. The first-order valence-electron chi connectivity index (χ1n) is 0.939. The van der Waals surface area contributed by atoms with E-state index in [9.17, 15) is 8.42 Å². The SMILES string of the molecule is O=S(=O)([O][Ir])[O][Ir]. The summed E-state index contributed by atoms with van der Waals surface area (Å²) in [6, 6.07) is 0. The van der Waals surface area contributed by atoms with Crippen LogP contribution in [0.2, 0.25) is 0 Å². The van der Waals surface area contributed by atoms with Gasteiger partial charge in [-0.2, -0.15) is 0 Å². The van der Waals surface area contributed by atoms with E-state index in [1.54, 1.807) is 0 Å². The molecule has 0 aliphatic rings. The second kappa shape index (κ2) is 3.24. The van der Waals surface area contributed by atoms with Gasteiger partial charge in [-0.25, -0.2) is 0 Å². The van der Waals surface area contributed by atoms with Gasteiger partial charge in [0.1, 0.15) is 0 Å². The second-order valence-corrected chi connectivity index (χ2v) is 3.95. The van der Waals surface area contributed by atoms with E-state index in [1.165, 1.54) is 0 Å². The summed E-state index contributed by atoms with van der Waals surface area (Å²) in [5, 5.41) is 0. The van der Waals surface area contributed by atoms with Gasteiger partial charge in [-0.1, -0.05) is 0 Å². The van der Waals surface area contributed by atoms with Crippen LogP contribution in [-0.4, -0.2) is 8.42 Å². The van der Waals surface area contributed by atoms with Crippen molar-refractivity contribution in [3.8, 4) is 0 Å². The van der Waals surface area contributed by atoms with Crippen LogP contribution in [0.25, 0.3) is 0 Å². The summed E-state index contributed by atoms with van der Waals surface area (Å²) in [5.41, 5.74) is 0. The predicted molar refractivity (Wildman–Crippen MR) is 11.1 cm³/mol. The van der Waals surface area contributed by atoms with E-state index in [2.05, 4.69) is 5.88 Å². The Morgan fingerprint density at radius 3 is 1.43 bits per heavy atom.